The van der Waals surface area contributed by atoms with E-state index in [9.17, 15) is 20.1 Å². The molecule has 0 spiro atoms. The van der Waals surface area contributed by atoms with Crippen molar-refractivity contribution in [1.82, 2.24) is 0 Å². The molecule has 5 aliphatic carbocycles. The largest absolute Gasteiger partial charge is 0.481 e. The monoisotopic (exact) mass is 472 g/mol. The average Bonchev–Trinajstić information content (AvgIpc) is 2.71. The molecule has 0 aliphatic heterocycles. The number of carboxylic acids is 1. The van der Waals surface area contributed by atoms with Crippen LogP contribution in [0.15, 0.2) is 11.6 Å². The van der Waals surface area contributed by atoms with Crippen LogP contribution in [-0.4, -0.2) is 27.1 Å². The number of hydrogen-bond acceptors (Lipinski definition) is 3. The van der Waals surface area contributed by atoms with E-state index < -0.39 is 22.6 Å². The van der Waals surface area contributed by atoms with Gasteiger partial charge in [-0.05, 0) is 97.2 Å². The van der Waals surface area contributed by atoms with Gasteiger partial charge in [0.05, 0.1) is 5.41 Å². The molecule has 0 amide bonds. The van der Waals surface area contributed by atoms with Gasteiger partial charge in [-0.1, -0.05) is 60.1 Å². The van der Waals surface area contributed by atoms with Crippen LogP contribution in [0.5, 0.6) is 0 Å². The molecule has 0 bridgehead atoms. The Morgan fingerprint density at radius 2 is 1.50 bits per heavy atom. The van der Waals surface area contributed by atoms with Gasteiger partial charge < -0.3 is 15.3 Å². The second kappa shape index (κ2) is 6.91. The highest BCUT2D eigenvalue weighted by Crippen LogP contribution is 2.76. The molecule has 4 heteroatoms. The van der Waals surface area contributed by atoms with E-state index in [4.69, 9.17) is 0 Å². The third-order valence-corrected chi connectivity index (χ3v) is 13.2. The van der Waals surface area contributed by atoms with Crippen molar-refractivity contribution in [1.29, 1.82) is 0 Å². The number of aliphatic carboxylic acids is 1. The topological polar surface area (TPSA) is 77.8 Å². The maximum atomic E-state index is 12.8. The van der Waals surface area contributed by atoms with E-state index in [2.05, 4.69) is 54.5 Å². The summed E-state index contributed by atoms with van der Waals surface area (Å²) in [5.41, 5.74) is 0.694. The van der Waals surface area contributed by atoms with Crippen molar-refractivity contribution >= 4 is 5.97 Å². The predicted octanol–water partition coefficient (Wildman–Crippen LogP) is 6.55. The molecule has 0 aromatic rings. The number of rotatable bonds is 1. The Hall–Kier alpha value is -0.870. The number of carbonyl (C=O) groups is 1. The van der Waals surface area contributed by atoms with Gasteiger partial charge in [0.1, 0.15) is 0 Å². The van der Waals surface area contributed by atoms with Crippen molar-refractivity contribution in [2.45, 2.75) is 118 Å². The van der Waals surface area contributed by atoms with Gasteiger partial charge in [-0.2, -0.15) is 0 Å². The van der Waals surface area contributed by atoms with Gasteiger partial charge in [-0.3, -0.25) is 4.79 Å². The van der Waals surface area contributed by atoms with Gasteiger partial charge in [0, 0.05) is 11.8 Å². The summed E-state index contributed by atoms with van der Waals surface area (Å²) in [7, 11) is 0. The Morgan fingerprint density at radius 3 is 2.15 bits per heavy atom. The lowest BCUT2D eigenvalue weighted by atomic mass is 9.33. The van der Waals surface area contributed by atoms with E-state index in [-0.39, 0.29) is 33.5 Å². The highest BCUT2D eigenvalue weighted by molar-refractivity contribution is 5.76. The molecule has 0 radical (unpaired) electrons. The average molecular weight is 473 g/mol. The predicted molar refractivity (Wildman–Crippen MR) is 134 cm³/mol. The SMILES string of the molecule is CC1(C)CC[C@]2(C(=O)O)CC[C@]3(C)C(=CC[C@@H]4[C@@]5(C)CCC(O)(O)C(C)(C)[C@@H]5CC[C@]43C)[C@@H]2C1. The quantitative estimate of drug-likeness (QED) is 0.298. The fourth-order valence-electron chi connectivity index (χ4n) is 10.6. The summed E-state index contributed by atoms with van der Waals surface area (Å²) in [6, 6.07) is 0. The molecule has 0 aromatic carbocycles. The summed E-state index contributed by atoms with van der Waals surface area (Å²) in [6.45, 7) is 16.2. The van der Waals surface area contributed by atoms with E-state index >= 15 is 0 Å². The van der Waals surface area contributed by atoms with Gasteiger partial charge in [0.2, 0.25) is 0 Å². The molecule has 0 heterocycles. The van der Waals surface area contributed by atoms with Crippen LogP contribution in [0.2, 0.25) is 0 Å². The fourth-order valence-corrected chi connectivity index (χ4v) is 10.6. The Labute approximate surface area is 206 Å². The lowest BCUT2D eigenvalue weighted by Crippen LogP contribution is -2.67. The first kappa shape index (κ1) is 24.8. The molecular weight excluding hydrogens is 424 g/mol. The van der Waals surface area contributed by atoms with Crippen molar-refractivity contribution in [3.63, 3.8) is 0 Å². The molecule has 4 saturated carbocycles. The van der Waals surface area contributed by atoms with Gasteiger partial charge in [0.25, 0.3) is 0 Å². The third kappa shape index (κ3) is 2.82. The van der Waals surface area contributed by atoms with Crippen LogP contribution in [-0.2, 0) is 4.79 Å². The second-order valence-electron chi connectivity index (χ2n) is 15.2. The van der Waals surface area contributed by atoms with Crippen molar-refractivity contribution < 1.29 is 20.1 Å². The number of hydrogen-bond donors (Lipinski definition) is 3. The number of allylic oxidation sites excluding steroid dienone is 2. The standard InChI is InChI=1S/C30H48O4/c1-24(2)12-15-29(23(31)32)16-14-27(6)19(20(29)18-24)8-9-22-26(5)13-17-30(33,34)25(3,4)21(26)10-11-28(22,27)7/h8,20-22,33-34H,9-18H2,1-7H3,(H,31,32)/t20-,21-,22+,26-,27+,28+,29-/m0/s1. The first-order valence-corrected chi connectivity index (χ1v) is 13.9. The molecule has 5 rings (SSSR count). The van der Waals surface area contributed by atoms with Crippen LogP contribution < -0.4 is 0 Å². The van der Waals surface area contributed by atoms with E-state index in [1.165, 1.54) is 5.57 Å². The van der Waals surface area contributed by atoms with Crippen LogP contribution in [0.4, 0.5) is 0 Å². The number of aliphatic hydroxyl groups is 2. The summed E-state index contributed by atoms with van der Waals surface area (Å²) < 4.78 is 0. The van der Waals surface area contributed by atoms with E-state index in [1.807, 2.05) is 0 Å². The Morgan fingerprint density at radius 1 is 0.853 bits per heavy atom. The van der Waals surface area contributed by atoms with E-state index in [0.29, 0.717) is 12.3 Å². The van der Waals surface area contributed by atoms with Gasteiger partial charge in [-0.25, -0.2) is 0 Å². The Bertz CT molecular complexity index is 930. The minimum atomic E-state index is -1.61. The maximum absolute atomic E-state index is 12.8. The lowest BCUT2D eigenvalue weighted by Gasteiger charge is -2.71. The summed E-state index contributed by atoms with van der Waals surface area (Å²) in [5.74, 6) is -1.28. The molecule has 0 aromatic heterocycles. The lowest BCUT2D eigenvalue weighted by molar-refractivity contribution is -0.311. The Balaban J connectivity index is 1.60. The van der Waals surface area contributed by atoms with Crippen molar-refractivity contribution in [3.8, 4) is 0 Å². The highest BCUT2D eigenvalue weighted by atomic mass is 16.5. The van der Waals surface area contributed by atoms with Crippen molar-refractivity contribution in [2.75, 3.05) is 0 Å². The fraction of sp³-hybridized carbons (Fsp3) is 0.900. The van der Waals surface area contributed by atoms with Crippen LogP contribution >= 0.6 is 0 Å². The summed E-state index contributed by atoms with van der Waals surface area (Å²) in [5, 5.41) is 32.3. The first-order chi connectivity index (χ1) is 15.5. The Kier molecular flexibility index (Phi) is 5.04. The zero-order chi connectivity index (χ0) is 25.2. The molecule has 34 heavy (non-hydrogen) atoms. The molecule has 4 fully saturated rings. The highest BCUT2D eigenvalue weighted by Gasteiger charge is 2.70. The minimum absolute atomic E-state index is 0.0119. The molecule has 0 unspecified atom stereocenters. The van der Waals surface area contributed by atoms with Crippen LogP contribution in [0.1, 0.15) is 113 Å². The molecular formula is C30H48O4. The number of carboxylic acid groups (broad SMARTS) is 1. The van der Waals surface area contributed by atoms with E-state index in [1.54, 1.807) is 0 Å². The number of fused-ring (bicyclic) bond motifs is 7. The molecule has 0 saturated heterocycles. The van der Waals surface area contributed by atoms with Crippen LogP contribution in [0, 0.1) is 50.2 Å². The van der Waals surface area contributed by atoms with E-state index in [0.717, 1.165) is 57.8 Å². The summed E-state index contributed by atoms with van der Waals surface area (Å²) >= 11 is 0. The van der Waals surface area contributed by atoms with Crippen LogP contribution in [0.3, 0.4) is 0 Å². The zero-order valence-corrected chi connectivity index (χ0v) is 22.6. The first-order valence-electron chi connectivity index (χ1n) is 13.9. The minimum Gasteiger partial charge on any atom is -0.481 e. The van der Waals surface area contributed by atoms with Crippen molar-refractivity contribution in [2.24, 2.45) is 50.2 Å². The van der Waals surface area contributed by atoms with Gasteiger partial charge in [0.15, 0.2) is 5.79 Å². The molecule has 4 nitrogen and oxygen atoms in total. The molecule has 192 valence electrons. The molecule has 3 N–H and O–H groups in total. The zero-order valence-electron chi connectivity index (χ0n) is 22.6. The van der Waals surface area contributed by atoms with Gasteiger partial charge >= 0.3 is 5.97 Å². The van der Waals surface area contributed by atoms with Gasteiger partial charge in [-0.15, -0.1) is 0 Å². The second-order valence-corrected chi connectivity index (χ2v) is 15.2. The normalized spacial score (nSPS) is 50.6. The summed E-state index contributed by atoms with van der Waals surface area (Å²) in [4.78, 5) is 12.8. The van der Waals surface area contributed by atoms with Crippen LogP contribution in [0.25, 0.3) is 0 Å². The molecule has 7 atom stereocenters. The third-order valence-electron chi connectivity index (χ3n) is 13.2. The summed E-state index contributed by atoms with van der Waals surface area (Å²) in [6.07, 6.45) is 11.4. The smallest absolute Gasteiger partial charge is 0.310 e. The maximum Gasteiger partial charge on any atom is 0.310 e. The van der Waals surface area contributed by atoms with Crippen molar-refractivity contribution in [3.05, 3.63) is 11.6 Å². The molecule has 5 aliphatic rings.